The molecule has 1 heterocycles. The third-order valence-electron chi connectivity index (χ3n) is 2.92. The van der Waals surface area contributed by atoms with Gasteiger partial charge in [0, 0.05) is 0 Å². The van der Waals surface area contributed by atoms with Crippen molar-refractivity contribution in [3.05, 3.63) is 29.9 Å². The molecule has 1 unspecified atom stereocenters. The van der Waals surface area contributed by atoms with E-state index in [0.717, 1.165) is 13.0 Å². The summed E-state index contributed by atoms with van der Waals surface area (Å²) in [5.74, 6) is 0.474. The molecule has 0 bridgehead atoms. The highest BCUT2D eigenvalue weighted by Gasteiger charge is 2.20. The Labute approximate surface area is 117 Å². The van der Waals surface area contributed by atoms with Crippen molar-refractivity contribution in [2.45, 2.75) is 26.3 Å². The molecule has 0 spiro atoms. The maximum atomic E-state index is 13.9. The van der Waals surface area contributed by atoms with Gasteiger partial charge in [-0.1, -0.05) is 13.0 Å². The lowest BCUT2D eigenvalue weighted by atomic mass is 10.2. The van der Waals surface area contributed by atoms with Gasteiger partial charge in [0.05, 0.1) is 13.2 Å². The number of nitrogens with zero attached hydrogens (tertiary/aromatic N) is 2. The molecule has 5 nitrogen and oxygen atoms in total. The first-order valence-corrected chi connectivity index (χ1v) is 6.57. The second-order valence-electron chi connectivity index (χ2n) is 4.44. The van der Waals surface area contributed by atoms with Crippen LogP contribution in [-0.4, -0.2) is 23.9 Å². The summed E-state index contributed by atoms with van der Waals surface area (Å²) in [6, 6.07) is 4.48. The maximum absolute atomic E-state index is 13.9. The molecule has 6 heteroatoms. The number of methoxy groups -OCH3 is 1. The predicted molar refractivity (Wildman–Crippen MR) is 73.0 cm³/mol. The fourth-order valence-electron chi connectivity index (χ4n) is 1.84. The molecule has 0 aliphatic carbocycles. The Hall–Kier alpha value is -1.95. The molecule has 2 rings (SSSR count). The smallest absolute Gasteiger partial charge is 0.254 e. The zero-order chi connectivity index (χ0) is 14.5. The molecular formula is C14H18FN3O2. The van der Waals surface area contributed by atoms with Gasteiger partial charge in [0.1, 0.15) is 17.1 Å². The number of aromatic nitrogens is 2. The Morgan fingerprint density at radius 3 is 2.90 bits per heavy atom. The molecule has 1 aromatic heterocycles. The van der Waals surface area contributed by atoms with Crippen LogP contribution in [0.4, 0.5) is 4.39 Å². The third kappa shape index (κ3) is 2.96. The van der Waals surface area contributed by atoms with Gasteiger partial charge in [-0.25, -0.2) is 4.39 Å². The molecule has 1 N–H and O–H groups in total. The molecule has 1 atom stereocenters. The average Bonchev–Trinajstić information content (AvgIpc) is 2.93. The molecule has 0 fully saturated rings. The number of nitrogens with one attached hydrogen (secondary N) is 1. The highest BCUT2D eigenvalue weighted by molar-refractivity contribution is 5.63. The molecule has 0 radical (unpaired) electrons. The monoisotopic (exact) mass is 279 g/mol. The summed E-state index contributed by atoms with van der Waals surface area (Å²) < 4.78 is 24.6. The molecule has 2 aromatic rings. The number of hydrogen-bond acceptors (Lipinski definition) is 5. The number of benzene rings is 1. The lowest BCUT2D eigenvalue weighted by Gasteiger charge is -2.08. The van der Waals surface area contributed by atoms with E-state index in [-0.39, 0.29) is 17.5 Å². The van der Waals surface area contributed by atoms with E-state index in [9.17, 15) is 4.39 Å². The van der Waals surface area contributed by atoms with Crippen LogP contribution in [0.5, 0.6) is 5.75 Å². The first-order chi connectivity index (χ1) is 9.67. The van der Waals surface area contributed by atoms with E-state index in [1.165, 1.54) is 13.2 Å². The van der Waals surface area contributed by atoms with E-state index < -0.39 is 5.82 Å². The summed E-state index contributed by atoms with van der Waals surface area (Å²) in [6.07, 6.45) is 1.01. The van der Waals surface area contributed by atoms with Crippen molar-refractivity contribution in [2.75, 3.05) is 13.7 Å². The van der Waals surface area contributed by atoms with Crippen LogP contribution in [0.3, 0.4) is 0 Å². The van der Waals surface area contributed by atoms with Crippen LogP contribution in [-0.2, 0) is 0 Å². The highest BCUT2D eigenvalue weighted by atomic mass is 19.1. The van der Waals surface area contributed by atoms with Crippen molar-refractivity contribution in [2.24, 2.45) is 0 Å². The Bertz CT molecular complexity index is 571. The second kappa shape index (κ2) is 6.47. The fourth-order valence-corrected chi connectivity index (χ4v) is 1.84. The number of hydrogen-bond donors (Lipinski definition) is 1. The quantitative estimate of drug-likeness (QED) is 0.881. The van der Waals surface area contributed by atoms with Gasteiger partial charge in [-0.3, -0.25) is 0 Å². The van der Waals surface area contributed by atoms with E-state index in [2.05, 4.69) is 22.4 Å². The van der Waals surface area contributed by atoms with Gasteiger partial charge in [0.25, 0.3) is 5.89 Å². The van der Waals surface area contributed by atoms with Crippen LogP contribution >= 0.6 is 0 Å². The predicted octanol–water partition coefficient (Wildman–Crippen LogP) is 2.94. The SMILES string of the molecule is CCCNC(C)c1nnc(-c2c(F)cccc2OC)o1. The van der Waals surface area contributed by atoms with Gasteiger partial charge < -0.3 is 14.5 Å². The van der Waals surface area contributed by atoms with Crippen LogP contribution < -0.4 is 10.1 Å². The molecular weight excluding hydrogens is 261 g/mol. The Morgan fingerprint density at radius 1 is 1.40 bits per heavy atom. The van der Waals surface area contributed by atoms with Crippen molar-refractivity contribution in [3.8, 4) is 17.2 Å². The van der Waals surface area contributed by atoms with Gasteiger partial charge >= 0.3 is 0 Å². The van der Waals surface area contributed by atoms with E-state index >= 15 is 0 Å². The average molecular weight is 279 g/mol. The molecule has 0 aliphatic heterocycles. The number of rotatable bonds is 6. The minimum Gasteiger partial charge on any atom is -0.496 e. The van der Waals surface area contributed by atoms with E-state index in [4.69, 9.17) is 9.15 Å². The summed E-state index contributed by atoms with van der Waals surface area (Å²) in [6.45, 7) is 4.84. The molecule has 0 aliphatic rings. The summed E-state index contributed by atoms with van der Waals surface area (Å²) in [5, 5.41) is 11.1. The lowest BCUT2D eigenvalue weighted by Crippen LogP contribution is -2.19. The van der Waals surface area contributed by atoms with Crippen molar-refractivity contribution in [1.82, 2.24) is 15.5 Å². The molecule has 1 aromatic carbocycles. The molecule has 0 amide bonds. The highest BCUT2D eigenvalue weighted by Crippen LogP contribution is 2.32. The Kier molecular flexibility index (Phi) is 4.68. The van der Waals surface area contributed by atoms with Gasteiger partial charge in [-0.2, -0.15) is 0 Å². The fraction of sp³-hybridized carbons (Fsp3) is 0.429. The van der Waals surface area contributed by atoms with Crippen LogP contribution in [0, 0.1) is 5.82 Å². The molecule has 0 saturated heterocycles. The zero-order valence-electron chi connectivity index (χ0n) is 11.8. The summed E-state index contributed by atoms with van der Waals surface area (Å²) >= 11 is 0. The lowest BCUT2D eigenvalue weighted by molar-refractivity contribution is 0.403. The number of ether oxygens (including phenoxy) is 1. The maximum Gasteiger partial charge on any atom is 0.254 e. The first-order valence-electron chi connectivity index (χ1n) is 6.57. The topological polar surface area (TPSA) is 60.2 Å². The van der Waals surface area contributed by atoms with Crippen LogP contribution in [0.2, 0.25) is 0 Å². The van der Waals surface area contributed by atoms with Crippen molar-refractivity contribution in [3.63, 3.8) is 0 Å². The number of halogens is 1. The van der Waals surface area contributed by atoms with E-state index in [1.807, 2.05) is 6.92 Å². The van der Waals surface area contributed by atoms with E-state index in [0.29, 0.717) is 11.6 Å². The van der Waals surface area contributed by atoms with Gasteiger partial charge in [0.2, 0.25) is 5.89 Å². The summed E-state index contributed by atoms with van der Waals surface area (Å²) in [4.78, 5) is 0. The summed E-state index contributed by atoms with van der Waals surface area (Å²) in [7, 11) is 1.47. The third-order valence-corrected chi connectivity index (χ3v) is 2.92. The minimum absolute atomic E-state index is 0.0750. The standard InChI is InChI=1S/C14H18FN3O2/c1-4-8-16-9(2)13-17-18-14(20-13)12-10(15)6-5-7-11(12)19-3/h5-7,9,16H,4,8H2,1-3H3. The van der Waals surface area contributed by atoms with Gasteiger partial charge in [-0.05, 0) is 32.0 Å². The van der Waals surface area contributed by atoms with Crippen molar-refractivity contribution >= 4 is 0 Å². The minimum atomic E-state index is -0.450. The zero-order valence-corrected chi connectivity index (χ0v) is 11.8. The van der Waals surface area contributed by atoms with Crippen molar-refractivity contribution in [1.29, 1.82) is 0 Å². The van der Waals surface area contributed by atoms with Gasteiger partial charge in [-0.15, -0.1) is 10.2 Å². The van der Waals surface area contributed by atoms with Gasteiger partial charge in [0.15, 0.2) is 0 Å². The van der Waals surface area contributed by atoms with Crippen molar-refractivity contribution < 1.29 is 13.5 Å². The normalized spacial score (nSPS) is 12.4. The van der Waals surface area contributed by atoms with Crippen LogP contribution in [0.25, 0.3) is 11.5 Å². The summed E-state index contributed by atoms with van der Waals surface area (Å²) in [5.41, 5.74) is 0.191. The molecule has 108 valence electrons. The molecule has 0 saturated carbocycles. The van der Waals surface area contributed by atoms with Crippen LogP contribution in [0.15, 0.2) is 22.6 Å². The first kappa shape index (κ1) is 14.5. The second-order valence-corrected chi connectivity index (χ2v) is 4.44. The molecule has 20 heavy (non-hydrogen) atoms. The largest absolute Gasteiger partial charge is 0.496 e. The van der Waals surface area contributed by atoms with Crippen LogP contribution in [0.1, 0.15) is 32.2 Å². The Balaban J connectivity index is 2.29. The van der Waals surface area contributed by atoms with E-state index in [1.54, 1.807) is 12.1 Å². The Morgan fingerprint density at radius 2 is 2.20 bits per heavy atom.